The molecule has 0 spiro atoms. The van der Waals surface area contributed by atoms with Crippen LogP contribution in [0.4, 0.5) is 10.1 Å². The number of likely N-dealkylation sites (tertiary alicyclic amines) is 1. The Morgan fingerprint density at radius 3 is 2.74 bits per heavy atom. The fourth-order valence-corrected chi connectivity index (χ4v) is 4.55. The first-order chi connectivity index (χ1) is 13.1. The number of rotatable bonds is 4. The summed E-state index contributed by atoms with van der Waals surface area (Å²) in [6, 6.07) is 9.00. The monoisotopic (exact) mass is 402 g/mol. The number of carbonyl (C=O) groups is 2. The van der Waals surface area contributed by atoms with Crippen LogP contribution >= 0.6 is 22.7 Å². The molecule has 1 aliphatic heterocycles. The molecule has 3 aromatic rings. The molecule has 1 atom stereocenters. The molecule has 138 valence electrons. The van der Waals surface area contributed by atoms with Crippen LogP contribution in [0.5, 0.6) is 0 Å². The molecule has 2 amide bonds. The lowest BCUT2D eigenvalue weighted by atomic mass is 10.2. The van der Waals surface area contributed by atoms with Gasteiger partial charge in [0, 0.05) is 12.2 Å². The van der Waals surface area contributed by atoms with Gasteiger partial charge in [0.2, 0.25) is 5.01 Å². The van der Waals surface area contributed by atoms with Gasteiger partial charge in [0.15, 0.2) is 0 Å². The standard InChI is InChI=1S/C18H15FN4O2S2/c19-11-5-7-12(8-6-11)20-15(24)17-22-21-16(27-17)13-3-1-9-23(13)18(25)14-4-2-10-26-14/h2,4-8,10,13H,1,3,9H2,(H,20,24)/t13-/m1/s1. The van der Waals surface area contributed by atoms with E-state index in [1.54, 1.807) is 4.90 Å². The number of halogens is 1. The van der Waals surface area contributed by atoms with Crippen LogP contribution in [0.1, 0.15) is 43.4 Å². The minimum absolute atomic E-state index is 0.0139. The van der Waals surface area contributed by atoms with Gasteiger partial charge in [0.05, 0.1) is 10.9 Å². The summed E-state index contributed by atoms with van der Waals surface area (Å²) in [6.45, 7) is 0.665. The van der Waals surface area contributed by atoms with Crippen LogP contribution in [0.3, 0.4) is 0 Å². The number of anilines is 1. The first-order valence-corrected chi connectivity index (χ1v) is 10.1. The molecule has 0 aliphatic carbocycles. The van der Waals surface area contributed by atoms with Crippen LogP contribution in [-0.2, 0) is 0 Å². The number of aromatic nitrogens is 2. The average molecular weight is 402 g/mol. The van der Waals surface area contributed by atoms with Gasteiger partial charge in [-0.3, -0.25) is 9.59 Å². The predicted molar refractivity (Wildman–Crippen MR) is 102 cm³/mol. The third-order valence-electron chi connectivity index (χ3n) is 4.27. The van der Waals surface area contributed by atoms with Gasteiger partial charge in [-0.1, -0.05) is 17.4 Å². The molecule has 0 radical (unpaired) electrons. The van der Waals surface area contributed by atoms with Gasteiger partial charge in [0.1, 0.15) is 10.8 Å². The Hall–Kier alpha value is -2.65. The molecule has 9 heteroatoms. The molecule has 0 bridgehead atoms. The van der Waals surface area contributed by atoms with E-state index in [9.17, 15) is 14.0 Å². The summed E-state index contributed by atoms with van der Waals surface area (Å²) >= 11 is 2.59. The zero-order valence-corrected chi connectivity index (χ0v) is 15.7. The zero-order valence-electron chi connectivity index (χ0n) is 14.1. The maximum absolute atomic E-state index is 13.0. The van der Waals surface area contributed by atoms with Crippen molar-refractivity contribution in [1.82, 2.24) is 15.1 Å². The van der Waals surface area contributed by atoms with E-state index >= 15 is 0 Å². The first-order valence-electron chi connectivity index (χ1n) is 8.36. The van der Waals surface area contributed by atoms with Gasteiger partial charge in [-0.25, -0.2) is 4.39 Å². The highest BCUT2D eigenvalue weighted by Crippen LogP contribution is 2.35. The Bertz CT molecular complexity index is 956. The molecule has 27 heavy (non-hydrogen) atoms. The molecule has 1 aliphatic rings. The summed E-state index contributed by atoms with van der Waals surface area (Å²) in [5, 5.41) is 13.5. The predicted octanol–water partition coefficient (Wildman–Crippen LogP) is 3.97. The maximum atomic E-state index is 13.0. The number of nitrogens with one attached hydrogen (secondary N) is 1. The average Bonchev–Trinajstić information content (AvgIpc) is 3.42. The maximum Gasteiger partial charge on any atom is 0.286 e. The molecule has 1 saturated heterocycles. The van der Waals surface area contributed by atoms with E-state index in [2.05, 4.69) is 15.5 Å². The molecular weight excluding hydrogens is 387 g/mol. The van der Waals surface area contributed by atoms with E-state index in [1.165, 1.54) is 46.9 Å². The molecule has 3 heterocycles. The second-order valence-electron chi connectivity index (χ2n) is 6.04. The second kappa shape index (κ2) is 7.53. The highest BCUT2D eigenvalue weighted by Gasteiger charge is 2.34. The zero-order chi connectivity index (χ0) is 18.8. The van der Waals surface area contributed by atoms with Gasteiger partial charge < -0.3 is 10.2 Å². The number of amides is 2. The molecule has 0 saturated carbocycles. The third-order valence-corrected chi connectivity index (χ3v) is 6.15. The summed E-state index contributed by atoms with van der Waals surface area (Å²) in [5.41, 5.74) is 0.480. The summed E-state index contributed by atoms with van der Waals surface area (Å²) in [4.78, 5) is 27.5. The van der Waals surface area contributed by atoms with Crippen molar-refractivity contribution in [3.63, 3.8) is 0 Å². The minimum atomic E-state index is -0.403. The normalized spacial score (nSPS) is 16.5. The van der Waals surface area contributed by atoms with Crippen molar-refractivity contribution in [2.24, 2.45) is 0 Å². The fourth-order valence-electron chi connectivity index (χ4n) is 2.99. The van der Waals surface area contributed by atoms with Crippen molar-refractivity contribution in [3.8, 4) is 0 Å². The van der Waals surface area contributed by atoms with E-state index in [4.69, 9.17) is 0 Å². The Morgan fingerprint density at radius 1 is 1.19 bits per heavy atom. The molecule has 1 aromatic carbocycles. The van der Waals surface area contributed by atoms with E-state index in [1.807, 2.05) is 17.5 Å². The van der Waals surface area contributed by atoms with Crippen LogP contribution in [0, 0.1) is 5.82 Å². The van der Waals surface area contributed by atoms with Crippen molar-refractivity contribution < 1.29 is 14.0 Å². The van der Waals surface area contributed by atoms with E-state index < -0.39 is 5.91 Å². The molecule has 0 unspecified atom stereocenters. The summed E-state index contributed by atoms with van der Waals surface area (Å²) in [5.74, 6) is -0.789. The lowest BCUT2D eigenvalue weighted by molar-refractivity contribution is 0.0739. The second-order valence-corrected chi connectivity index (χ2v) is 8.00. The largest absolute Gasteiger partial charge is 0.328 e. The van der Waals surface area contributed by atoms with Gasteiger partial charge >= 0.3 is 0 Å². The van der Waals surface area contributed by atoms with Crippen molar-refractivity contribution in [3.05, 3.63) is 62.5 Å². The number of hydrogen-bond donors (Lipinski definition) is 1. The number of carbonyl (C=O) groups excluding carboxylic acids is 2. The molecule has 4 rings (SSSR count). The fraction of sp³-hybridized carbons (Fsp3) is 0.222. The van der Waals surface area contributed by atoms with Crippen LogP contribution in [0.15, 0.2) is 41.8 Å². The van der Waals surface area contributed by atoms with Crippen LogP contribution in [-0.4, -0.2) is 33.5 Å². The smallest absolute Gasteiger partial charge is 0.286 e. The Morgan fingerprint density at radius 2 is 2.00 bits per heavy atom. The topological polar surface area (TPSA) is 75.2 Å². The SMILES string of the molecule is O=C(Nc1ccc(F)cc1)c1nnc([C@H]2CCCN2C(=O)c2cccs2)s1. The summed E-state index contributed by atoms with van der Waals surface area (Å²) in [6.07, 6.45) is 1.68. The van der Waals surface area contributed by atoms with Gasteiger partial charge in [-0.15, -0.1) is 21.5 Å². The Kier molecular flexibility index (Phi) is 4.95. The molecule has 2 aromatic heterocycles. The van der Waals surface area contributed by atoms with Crippen molar-refractivity contribution in [2.75, 3.05) is 11.9 Å². The number of nitrogens with zero attached hydrogens (tertiary/aromatic N) is 3. The summed E-state index contributed by atoms with van der Waals surface area (Å²) < 4.78 is 13.0. The van der Waals surface area contributed by atoms with E-state index in [-0.39, 0.29) is 22.8 Å². The highest BCUT2D eigenvalue weighted by atomic mass is 32.1. The highest BCUT2D eigenvalue weighted by molar-refractivity contribution is 7.13. The number of thiophene rings is 1. The summed E-state index contributed by atoms with van der Waals surface area (Å²) in [7, 11) is 0. The van der Waals surface area contributed by atoms with Crippen LogP contribution in [0.2, 0.25) is 0 Å². The van der Waals surface area contributed by atoms with Gasteiger partial charge in [-0.2, -0.15) is 0 Å². The lowest BCUT2D eigenvalue weighted by Crippen LogP contribution is -2.29. The van der Waals surface area contributed by atoms with E-state index in [0.717, 1.165) is 12.8 Å². The Balaban J connectivity index is 1.48. The van der Waals surface area contributed by atoms with Crippen LogP contribution in [0.25, 0.3) is 0 Å². The third kappa shape index (κ3) is 3.74. The quantitative estimate of drug-likeness (QED) is 0.717. The van der Waals surface area contributed by atoms with Crippen molar-refractivity contribution in [2.45, 2.75) is 18.9 Å². The number of benzene rings is 1. The Labute approximate surface area is 162 Å². The van der Waals surface area contributed by atoms with Gasteiger partial charge in [0.25, 0.3) is 11.8 Å². The van der Waals surface area contributed by atoms with Crippen molar-refractivity contribution >= 4 is 40.2 Å². The molecule has 1 fully saturated rings. The number of hydrogen-bond acceptors (Lipinski definition) is 6. The van der Waals surface area contributed by atoms with Crippen LogP contribution < -0.4 is 5.32 Å². The molecule has 1 N–H and O–H groups in total. The molecular formula is C18H15FN4O2S2. The first kappa shape index (κ1) is 17.7. The van der Waals surface area contributed by atoms with E-state index in [0.29, 0.717) is 22.1 Å². The minimum Gasteiger partial charge on any atom is -0.328 e. The van der Waals surface area contributed by atoms with Crippen molar-refractivity contribution in [1.29, 1.82) is 0 Å². The van der Waals surface area contributed by atoms with Gasteiger partial charge in [-0.05, 0) is 48.6 Å². The molecule has 6 nitrogen and oxygen atoms in total. The lowest BCUT2D eigenvalue weighted by Gasteiger charge is -2.21.